The highest BCUT2D eigenvalue weighted by molar-refractivity contribution is 7.85. The number of aliphatic hydroxyl groups is 2. The van der Waals surface area contributed by atoms with Gasteiger partial charge in [-0.25, -0.2) is 8.42 Å². The van der Waals surface area contributed by atoms with Crippen LogP contribution in [0.5, 0.6) is 0 Å². The van der Waals surface area contributed by atoms with Crippen molar-refractivity contribution in [3.8, 4) is 0 Å². The molecule has 4 saturated carbocycles. The summed E-state index contributed by atoms with van der Waals surface area (Å²) in [6, 6.07) is 0. The second kappa shape index (κ2) is 9.07. The minimum atomic E-state index is -4.46. The van der Waals surface area contributed by atoms with Crippen LogP contribution in [0, 0.1) is 46.3 Å². The average molecular weight is 485 g/mol. The monoisotopic (exact) mass is 484 g/mol. The predicted octanol–water partition coefficient (Wildman–Crippen LogP) is 3.01. The van der Waals surface area contributed by atoms with Crippen LogP contribution in [0.3, 0.4) is 0 Å². The average Bonchev–Trinajstić information content (AvgIpc) is 3.10. The Kier molecular flexibility index (Phi) is 6.98. The summed E-state index contributed by atoms with van der Waals surface area (Å²) in [6.07, 6.45) is 8.52. The standard InChI is InChI=1S/C25H43NO6S/c1-15(4-9-23(29)26-14-33(30,31)32)19-7-8-20-18-6-5-16-12-17(27)10-11-24(16,2)21(18)13-22(28)25(19,20)3/h15-22,27-28H,4-14H2,1-3H3,(H,26,29)(H,30,31,32)/p-1/t15-,16-,17-,18+,19-,20+,21+,22+,24+,25-/m1/s1. The molecule has 0 heterocycles. The van der Waals surface area contributed by atoms with E-state index in [-0.39, 0.29) is 35.4 Å². The molecule has 0 aliphatic heterocycles. The lowest BCUT2D eigenvalue weighted by Crippen LogP contribution is -2.58. The summed E-state index contributed by atoms with van der Waals surface area (Å²) in [5.41, 5.74) is 0.0565. The van der Waals surface area contributed by atoms with Crippen LogP contribution in [-0.2, 0) is 14.9 Å². The van der Waals surface area contributed by atoms with Crippen molar-refractivity contribution in [3.05, 3.63) is 0 Å². The second-order valence-electron chi connectivity index (χ2n) is 12.2. The number of aliphatic hydroxyl groups excluding tert-OH is 2. The Balaban J connectivity index is 1.44. The van der Waals surface area contributed by atoms with Crippen LogP contribution < -0.4 is 5.32 Å². The Labute approximate surface area is 198 Å². The van der Waals surface area contributed by atoms with Crippen molar-refractivity contribution in [2.45, 2.75) is 97.2 Å². The second-order valence-corrected chi connectivity index (χ2v) is 13.6. The fourth-order valence-electron chi connectivity index (χ4n) is 8.98. The summed E-state index contributed by atoms with van der Waals surface area (Å²) in [5.74, 6) is 1.49. The molecule has 7 nitrogen and oxygen atoms in total. The van der Waals surface area contributed by atoms with Crippen LogP contribution in [0.15, 0.2) is 0 Å². The molecule has 10 atom stereocenters. The molecule has 3 N–H and O–H groups in total. The van der Waals surface area contributed by atoms with Crippen LogP contribution in [0.2, 0.25) is 0 Å². The Morgan fingerprint density at radius 2 is 1.82 bits per heavy atom. The van der Waals surface area contributed by atoms with Crippen molar-refractivity contribution in [1.29, 1.82) is 0 Å². The van der Waals surface area contributed by atoms with Crippen molar-refractivity contribution >= 4 is 16.0 Å². The molecule has 0 saturated heterocycles. The molecule has 4 aliphatic rings. The number of carbonyl (C=O) groups is 1. The van der Waals surface area contributed by atoms with Gasteiger partial charge in [0.05, 0.1) is 12.2 Å². The summed E-state index contributed by atoms with van der Waals surface area (Å²) in [4.78, 5) is 12.0. The van der Waals surface area contributed by atoms with E-state index in [4.69, 9.17) is 0 Å². The highest BCUT2D eigenvalue weighted by Gasteiger charge is 2.63. The minimum Gasteiger partial charge on any atom is -0.747 e. The molecule has 0 aromatic carbocycles. The summed E-state index contributed by atoms with van der Waals surface area (Å²) in [5, 5.41) is 24.0. The lowest BCUT2D eigenvalue weighted by Gasteiger charge is -2.62. The van der Waals surface area contributed by atoms with E-state index in [2.05, 4.69) is 26.1 Å². The Morgan fingerprint density at radius 1 is 1.09 bits per heavy atom. The fraction of sp³-hybridized carbons (Fsp3) is 0.960. The summed E-state index contributed by atoms with van der Waals surface area (Å²) >= 11 is 0. The maximum absolute atomic E-state index is 12.0. The van der Waals surface area contributed by atoms with Gasteiger partial charge >= 0.3 is 0 Å². The molecule has 1 amide bonds. The van der Waals surface area contributed by atoms with E-state index in [0.717, 1.165) is 38.5 Å². The smallest absolute Gasteiger partial charge is 0.220 e. The largest absolute Gasteiger partial charge is 0.747 e. The molecule has 0 radical (unpaired) electrons. The molecular formula is C25H42NO6S-. The first-order chi connectivity index (χ1) is 15.4. The lowest BCUT2D eigenvalue weighted by molar-refractivity contribution is -0.174. The van der Waals surface area contributed by atoms with Gasteiger partial charge in [0, 0.05) is 6.42 Å². The molecule has 0 aromatic heterocycles. The van der Waals surface area contributed by atoms with Gasteiger partial charge < -0.3 is 20.1 Å². The molecule has 190 valence electrons. The molecule has 0 spiro atoms. The third-order valence-electron chi connectivity index (χ3n) is 10.8. The SMILES string of the molecule is C[C@H](CCC(=O)NCS(=O)(=O)[O-])[C@H]1CC[C@H]2[C@@H]3CC[C@@H]4C[C@H](O)CC[C@]4(C)[C@H]3C[C@H](O)[C@]12C. The molecule has 0 unspecified atom stereocenters. The quantitative estimate of drug-likeness (QED) is 0.498. The van der Waals surface area contributed by atoms with Crippen molar-refractivity contribution in [2.75, 3.05) is 5.88 Å². The highest BCUT2D eigenvalue weighted by atomic mass is 32.2. The number of rotatable bonds is 6. The number of amides is 1. The van der Waals surface area contributed by atoms with Crippen molar-refractivity contribution in [1.82, 2.24) is 5.32 Å². The maximum atomic E-state index is 12.0. The number of hydrogen-bond donors (Lipinski definition) is 3. The van der Waals surface area contributed by atoms with E-state index in [9.17, 15) is 28.0 Å². The number of fused-ring (bicyclic) bond motifs is 5. The third kappa shape index (κ3) is 4.62. The van der Waals surface area contributed by atoms with Gasteiger partial charge in [0.2, 0.25) is 5.91 Å². The molecule has 0 bridgehead atoms. The molecule has 8 heteroatoms. The normalized spacial score (nSPS) is 46.1. The van der Waals surface area contributed by atoms with Crippen LogP contribution in [-0.4, -0.2) is 47.2 Å². The summed E-state index contributed by atoms with van der Waals surface area (Å²) < 4.78 is 32.3. The maximum Gasteiger partial charge on any atom is 0.220 e. The first-order valence-corrected chi connectivity index (χ1v) is 14.5. The van der Waals surface area contributed by atoms with Crippen molar-refractivity contribution < 1.29 is 28.0 Å². The van der Waals surface area contributed by atoms with Crippen LogP contribution in [0.25, 0.3) is 0 Å². The molecule has 33 heavy (non-hydrogen) atoms. The zero-order valence-corrected chi connectivity index (χ0v) is 21.1. The van der Waals surface area contributed by atoms with E-state index in [1.807, 2.05) is 0 Å². The van der Waals surface area contributed by atoms with Crippen LogP contribution >= 0.6 is 0 Å². The van der Waals surface area contributed by atoms with E-state index >= 15 is 0 Å². The van der Waals surface area contributed by atoms with Gasteiger partial charge in [-0.1, -0.05) is 20.8 Å². The Morgan fingerprint density at radius 3 is 2.52 bits per heavy atom. The number of hydrogen-bond acceptors (Lipinski definition) is 6. The lowest BCUT2D eigenvalue weighted by atomic mass is 9.43. The first-order valence-electron chi connectivity index (χ1n) is 12.9. The van der Waals surface area contributed by atoms with Crippen molar-refractivity contribution in [3.63, 3.8) is 0 Å². The zero-order chi connectivity index (χ0) is 24.2. The predicted molar refractivity (Wildman–Crippen MR) is 124 cm³/mol. The van der Waals surface area contributed by atoms with Gasteiger partial charge in [-0.05, 0) is 104 Å². The highest BCUT2D eigenvalue weighted by Crippen LogP contribution is 2.68. The first kappa shape index (κ1) is 25.4. The Hall–Kier alpha value is -0.700. The van der Waals surface area contributed by atoms with Gasteiger partial charge in [0.1, 0.15) is 16.0 Å². The topological polar surface area (TPSA) is 127 Å². The van der Waals surface area contributed by atoms with Gasteiger partial charge in [0.15, 0.2) is 0 Å². The number of carbonyl (C=O) groups excluding carboxylic acids is 1. The van der Waals surface area contributed by atoms with Crippen LogP contribution in [0.4, 0.5) is 0 Å². The minimum absolute atomic E-state index is 0.160. The van der Waals surface area contributed by atoms with E-state index in [1.165, 1.54) is 12.8 Å². The van der Waals surface area contributed by atoms with E-state index in [0.29, 0.717) is 36.0 Å². The fourth-order valence-corrected chi connectivity index (χ4v) is 9.32. The van der Waals surface area contributed by atoms with Crippen molar-refractivity contribution in [2.24, 2.45) is 46.3 Å². The van der Waals surface area contributed by atoms with Gasteiger partial charge in [0.25, 0.3) is 0 Å². The van der Waals surface area contributed by atoms with E-state index < -0.39 is 21.9 Å². The molecular weight excluding hydrogens is 442 g/mol. The summed E-state index contributed by atoms with van der Waals surface area (Å²) in [7, 11) is -4.46. The van der Waals surface area contributed by atoms with Crippen LogP contribution in [0.1, 0.15) is 85.0 Å². The molecule has 4 fully saturated rings. The van der Waals surface area contributed by atoms with Gasteiger partial charge in [-0.3, -0.25) is 4.79 Å². The zero-order valence-electron chi connectivity index (χ0n) is 20.3. The molecule has 0 aromatic rings. The van der Waals surface area contributed by atoms with Gasteiger partial charge in [-0.2, -0.15) is 0 Å². The third-order valence-corrected chi connectivity index (χ3v) is 11.3. The Bertz CT molecular complexity index is 848. The number of nitrogens with one attached hydrogen (secondary N) is 1. The summed E-state index contributed by atoms with van der Waals surface area (Å²) in [6.45, 7) is 6.84. The van der Waals surface area contributed by atoms with Gasteiger partial charge in [-0.15, -0.1) is 0 Å². The molecule has 4 aliphatic carbocycles. The van der Waals surface area contributed by atoms with E-state index in [1.54, 1.807) is 0 Å². The molecule has 4 rings (SSSR count).